The molecule has 0 aromatic heterocycles. The van der Waals surface area contributed by atoms with Crippen molar-refractivity contribution in [3.8, 4) is 33.4 Å². The van der Waals surface area contributed by atoms with Gasteiger partial charge in [0, 0.05) is 50.8 Å². The first-order valence-corrected chi connectivity index (χ1v) is 29.2. The number of nitrogens with zero attached hydrogens (tertiary/aromatic N) is 3. The Kier molecular flexibility index (Phi) is 11.8. The van der Waals surface area contributed by atoms with Crippen molar-refractivity contribution in [2.24, 2.45) is 0 Å². The van der Waals surface area contributed by atoms with E-state index in [0.717, 1.165) is 6.42 Å². The fraction of sp³-hybridized carbons (Fsp3) is 0.280. The van der Waals surface area contributed by atoms with Gasteiger partial charge in [0.15, 0.2) is 0 Å². The van der Waals surface area contributed by atoms with E-state index in [-0.39, 0.29) is 33.9 Å². The molecule has 0 saturated heterocycles. The fourth-order valence-electron chi connectivity index (χ4n) is 14.3. The van der Waals surface area contributed by atoms with Crippen molar-refractivity contribution in [1.82, 2.24) is 0 Å². The number of hydrogen-bond donors (Lipinski definition) is 0. The molecular weight excluding hydrogens is 954 g/mol. The van der Waals surface area contributed by atoms with Crippen LogP contribution in [0.1, 0.15) is 130 Å². The zero-order chi connectivity index (χ0) is 55.0. The van der Waals surface area contributed by atoms with Gasteiger partial charge in [-0.1, -0.05) is 209 Å². The first kappa shape index (κ1) is 50.9. The standard InChI is InChI=1S/C75H76BN3/c1-49-23-19-20-28-59(49)53-30-39-65-61(43-53)74(11)41-21-22-42-75(74,12)79(65)58-36-38-63-67(48-58)77(57-34-31-54(32-35-57)71(2,3)4)68-46-56(73(8,9)10)47-69-70(68)76(63)62-37-29-52(50-24-15-13-16-25-50)44-66(62)78(69)64-40-33-55(72(5,6)7)45-60(64)51-26-17-14-18-27-51/h13-20,23-40,43-48H,21-22,41-42H2,1-12H3. The van der Waals surface area contributed by atoms with Crippen LogP contribution in [-0.4, -0.2) is 12.3 Å². The summed E-state index contributed by atoms with van der Waals surface area (Å²) in [5, 5.41) is 0. The van der Waals surface area contributed by atoms with Crippen molar-refractivity contribution in [2.75, 3.05) is 14.7 Å². The molecule has 3 heterocycles. The van der Waals surface area contributed by atoms with Crippen LogP contribution in [0.5, 0.6) is 0 Å². The van der Waals surface area contributed by atoms with Crippen LogP contribution in [0.15, 0.2) is 194 Å². The van der Waals surface area contributed by atoms with Crippen LogP contribution in [-0.2, 0) is 21.7 Å². The summed E-state index contributed by atoms with van der Waals surface area (Å²) < 4.78 is 0. The van der Waals surface area contributed by atoms with Gasteiger partial charge in [0.25, 0.3) is 6.71 Å². The summed E-state index contributed by atoms with van der Waals surface area (Å²) in [4.78, 5) is 8.09. The van der Waals surface area contributed by atoms with Crippen LogP contribution in [0.25, 0.3) is 33.4 Å². The first-order valence-electron chi connectivity index (χ1n) is 29.2. The zero-order valence-electron chi connectivity index (χ0n) is 48.7. The van der Waals surface area contributed by atoms with E-state index in [1.165, 1.54) is 142 Å². The van der Waals surface area contributed by atoms with Crippen molar-refractivity contribution in [2.45, 2.75) is 136 Å². The lowest BCUT2D eigenvalue weighted by Gasteiger charge is -2.50. The molecule has 1 fully saturated rings. The average Bonchev–Trinajstić information content (AvgIpc) is 2.69. The highest BCUT2D eigenvalue weighted by molar-refractivity contribution is 7.00. The van der Waals surface area contributed by atoms with Gasteiger partial charge in [-0.2, -0.15) is 0 Å². The first-order chi connectivity index (χ1) is 37.7. The average molecular weight is 1030 g/mol. The van der Waals surface area contributed by atoms with Gasteiger partial charge in [0.05, 0.1) is 11.2 Å². The molecule has 3 aliphatic heterocycles. The van der Waals surface area contributed by atoms with E-state index < -0.39 is 0 Å². The second-order valence-electron chi connectivity index (χ2n) is 27.0. The Hall–Kier alpha value is -7.56. The van der Waals surface area contributed by atoms with E-state index in [9.17, 15) is 0 Å². The Morgan fingerprint density at radius 2 is 0.949 bits per heavy atom. The van der Waals surface area contributed by atoms with E-state index in [1.54, 1.807) is 0 Å². The highest BCUT2D eigenvalue weighted by Crippen LogP contribution is 2.62. The molecule has 79 heavy (non-hydrogen) atoms. The highest BCUT2D eigenvalue weighted by Gasteiger charge is 2.58. The smallest absolute Gasteiger partial charge is 0.252 e. The number of hydrogen-bond acceptors (Lipinski definition) is 3. The quantitative estimate of drug-likeness (QED) is 0.154. The summed E-state index contributed by atoms with van der Waals surface area (Å²) in [6.45, 7) is 28.5. The normalized spacial score (nSPS) is 18.4. The Bertz CT molecular complexity index is 3850. The van der Waals surface area contributed by atoms with E-state index in [0.29, 0.717) is 0 Å². The highest BCUT2D eigenvalue weighted by atomic mass is 15.3. The van der Waals surface area contributed by atoms with Gasteiger partial charge < -0.3 is 14.7 Å². The van der Waals surface area contributed by atoms with E-state index in [2.05, 4.69) is 292 Å². The SMILES string of the molecule is Cc1ccccc1-c1ccc2c(c1)C1(C)CCCCC1(C)N2c1ccc2c(c1)N(c1ccc(C(C)(C)C)cc1)c1cc(C(C)(C)C)cc3c1B2c1ccc(-c2ccccc2)cc1N3c1ccc(C(C)(C)C)cc1-c1ccccc1. The molecule has 2 unspecified atom stereocenters. The second kappa shape index (κ2) is 18.2. The summed E-state index contributed by atoms with van der Waals surface area (Å²) in [6.07, 6.45) is 4.75. The second-order valence-corrected chi connectivity index (χ2v) is 27.0. The number of anilines is 8. The minimum atomic E-state index is -0.169. The van der Waals surface area contributed by atoms with E-state index in [4.69, 9.17) is 0 Å². The van der Waals surface area contributed by atoms with Crippen molar-refractivity contribution in [3.05, 3.63) is 222 Å². The summed E-state index contributed by atoms with van der Waals surface area (Å²) in [5.74, 6) is 0. The summed E-state index contributed by atoms with van der Waals surface area (Å²) in [5.41, 5.74) is 27.8. The lowest BCUT2D eigenvalue weighted by Crippen LogP contribution is -2.61. The molecule has 13 rings (SSSR count). The third kappa shape index (κ3) is 8.13. The number of aryl methyl sites for hydroxylation is 1. The van der Waals surface area contributed by atoms with Crippen molar-refractivity contribution in [3.63, 3.8) is 0 Å². The summed E-state index contributed by atoms with van der Waals surface area (Å²) in [7, 11) is 0. The number of fused-ring (bicyclic) bond motifs is 7. The fourth-order valence-corrected chi connectivity index (χ4v) is 14.3. The van der Waals surface area contributed by atoms with Gasteiger partial charge in [-0.05, 0) is 182 Å². The molecule has 9 aromatic carbocycles. The predicted molar refractivity (Wildman–Crippen MR) is 340 cm³/mol. The molecule has 2 atom stereocenters. The molecule has 0 amide bonds. The third-order valence-electron chi connectivity index (χ3n) is 19.0. The Balaban J connectivity index is 1.10. The maximum Gasteiger partial charge on any atom is 0.252 e. The van der Waals surface area contributed by atoms with Crippen LogP contribution < -0.4 is 31.1 Å². The van der Waals surface area contributed by atoms with Gasteiger partial charge in [-0.15, -0.1) is 0 Å². The van der Waals surface area contributed by atoms with Crippen LogP contribution in [0.2, 0.25) is 0 Å². The Morgan fingerprint density at radius 1 is 0.392 bits per heavy atom. The van der Waals surface area contributed by atoms with Gasteiger partial charge in [-0.25, -0.2) is 0 Å². The van der Waals surface area contributed by atoms with E-state index >= 15 is 0 Å². The predicted octanol–water partition coefficient (Wildman–Crippen LogP) is 18.7. The molecule has 4 heteroatoms. The minimum Gasteiger partial charge on any atom is -0.334 e. The molecule has 9 aromatic rings. The molecule has 394 valence electrons. The molecule has 0 radical (unpaired) electrons. The summed E-state index contributed by atoms with van der Waals surface area (Å²) >= 11 is 0. The number of benzene rings is 9. The van der Waals surface area contributed by atoms with Crippen molar-refractivity contribution < 1.29 is 0 Å². The van der Waals surface area contributed by atoms with Crippen LogP contribution in [0.4, 0.5) is 45.5 Å². The van der Waals surface area contributed by atoms with E-state index in [1.807, 2.05) is 0 Å². The Labute approximate surface area is 472 Å². The van der Waals surface area contributed by atoms with Crippen molar-refractivity contribution >= 4 is 68.6 Å². The molecule has 3 nitrogen and oxygen atoms in total. The lowest BCUT2D eigenvalue weighted by atomic mass is 9.33. The van der Waals surface area contributed by atoms with Gasteiger partial charge in [-0.3, -0.25) is 0 Å². The number of rotatable bonds is 6. The van der Waals surface area contributed by atoms with Gasteiger partial charge >= 0.3 is 0 Å². The van der Waals surface area contributed by atoms with Crippen LogP contribution in [0, 0.1) is 6.92 Å². The van der Waals surface area contributed by atoms with Gasteiger partial charge in [0.2, 0.25) is 0 Å². The molecular formula is C75H76BN3. The monoisotopic (exact) mass is 1030 g/mol. The molecule has 0 bridgehead atoms. The maximum absolute atomic E-state index is 2.78. The molecule has 4 aliphatic rings. The maximum atomic E-state index is 2.78. The summed E-state index contributed by atoms with van der Waals surface area (Å²) in [6, 6.07) is 75.2. The van der Waals surface area contributed by atoms with Crippen molar-refractivity contribution in [1.29, 1.82) is 0 Å². The Morgan fingerprint density at radius 3 is 1.62 bits per heavy atom. The van der Waals surface area contributed by atoms with Crippen LogP contribution >= 0.6 is 0 Å². The lowest BCUT2D eigenvalue weighted by molar-refractivity contribution is 0.195. The van der Waals surface area contributed by atoms with Gasteiger partial charge in [0.1, 0.15) is 0 Å². The third-order valence-corrected chi connectivity index (χ3v) is 19.0. The minimum absolute atomic E-state index is 0.00797. The zero-order valence-corrected chi connectivity index (χ0v) is 48.7. The molecule has 1 aliphatic carbocycles. The molecule has 0 N–H and O–H groups in total. The molecule has 0 spiro atoms. The topological polar surface area (TPSA) is 9.72 Å². The molecule has 1 saturated carbocycles. The van der Waals surface area contributed by atoms with Crippen LogP contribution in [0.3, 0.4) is 0 Å². The largest absolute Gasteiger partial charge is 0.334 e.